The highest BCUT2D eigenvalue weighted by Crippen LogP contribution is 2.36. The van der Waals surface area contributed by atoms with Crippen LogP contribution in [-0.4, -0.2) is 23.2 Å². The summed E-state index contributed by atoms with van der Waals surface area (Å²) in [6.07, 6.45) is 0.572. The van der Waals surface area contributed by atoms with Crippen molar-refractivity contribution in [3.63, 3.8) is 0 Å². The van der Waals surface area contributed by atoms with Crippen molar-refractivity contribution in [3.8, 4) is 17.1 Å². The molecule has 0 saturated heterocycles. The zero-order valence-corrected chi connectivity index (χ0v) is 12.3. The summed E-state index contributed by atoms with van der Waals surface area (Å²) in [7, 11) is 1.25. The van der Waals surface area contributed by atoms with Crippen LogP contribution in [-0.2, 0) is 11.2 Å². The number of rotatable bonds is 3. The van der Waals surface area contributed by atoms with E-state index in [1.54, 1.807) is 6.07 Å². The van der Waals surface area contributed by atoms with Gasteiger partial charge in [0, 0.05) is 5.56 Å². The Bertz CT molecular complexity index is 837. The van der Waals surface area contributed by atoms with Crippen molar-refractivity contribution in [2.75, 3.05) is 7.11 Å². The molecule has 1 N–H and O–H groups in total. The highest BCUT2D eigenvalue weighted by Gasteiger charge is 2.22. The van der Waals surface area contributed by atoms with E-state index in [0.29, 0.717) is 28.8 Å². The number of pyridine rings is 1. The van der Waals surface area contributed by atoms with Gasteiger partial charge in [0.2, 0.25) is 0 Å². The molecule has 112 valence electrons. The van der Waals surface area contributed by atoms with E-state index in [4.69, 9.17) is 4.42 Å². The molecule has 2 heterocycles. The number of furan rings is 1. The minimum Gasteiger partial charge on any atom is -0.505 e. The summed E-state index contributed by atoms with van der Waals surface area (Å²) < 4.78 is 10.5. The zero-order chi connectivity index (χ0) is 15.7. The molecule has 5 heteroatoms. The second-order valence-corrected chi connectivity index (χ2v) is 4.82. The maximum atomic E-state index is 11.7. The summed E-state index contributed by atoms with van der Waals surface area (Å²) in [6.45, 7) is 1.91. The molecule has 0 atom stereocenters. The molecule has 2 aromatic heterocycles. The standard InChI is InChI=1S/C17H15NO4/c1-3-12-16-11(15(19)14(18-12)17(20)21-2)9-13(22-16)10-7-5-4-6-8-10/h4-9,19H,3H2,1-2H3. The molecule has 0 unspecified atom stereocenters. The lowest BCUT2D eigenvalue weighted by Gasteiger charge is -2.05. The van der Waals surface area contributed by atoms with Crippen LogP contribution in [0.15, 0.2) is 40.8 Å². The molecule has 5 nitrogen and oxygen atoms in total. The molecule has 0 aliphatic heterocycles. The number of nitrogens with zero attached hydrogens (tertiary/aromatic N) is 1. The molecule has 1 aromatic carbocycles. The van der Waals surface area contributed by atoms with E-state index >= 15 is 0 Å². The molecule has 0 aliphatic carbocycles. The van der Waals surface area contributed by atoms with E-state index in [2.05, 4.69) is 9.72 Å². The molecule has 3 aromatic rings. The lowest BCUT2D eigenvalue weighted by Crippen LogP contribution is -2.06. The Morgan fingerprint density at radius 3 is 2.68 bits per heavy atom. The van der Waals surface area contributed by atoms with Crippen LogP contribution in [0, 0.1) is 0 Å². The lowest BCUT2D eigenvalue weighted by atomic mass is 10.1. The van der Waals surface area contributed by atoms with Crippen molar-refractivity contribution in [3.05, 3.63) is 47.8 Å². The topological polar surface area (TPSA) is 72.6 Å². The number of fused-ring (bicyclic) bond motifs is 1. The third-order valence-corrected chi connectivity index (χ3v) is 3.49. The maximum absolute atomic E-state index is 11.7. The first-order chi connectivity index (χ1) is 10.7. The van der Waals surface area contributed by atoms with E-state index in [0.717, 1.165) is 5.56 Å². The van der Waals surface area contributed by atoms with Gasteiger partial charge >= 0.3 is 5.97 Å². The largest absolute Gasteiger partial charge is 0.505 e. The fourth-order valence-corrected chi connectivity index (χ4v) is 2.37. The number of benzene rings is 1. The van der Waals surface area contributed by atoms with Gasteiger partial charge in [-0.2, -0.15) is 0 Å². The number of aromatic hydroxyl groups is 1. The van der Waals surface area contributed by atoms with Gasteiger partial charge in [0.15, 0.2) is 17.0 Å². The van der Waals surface area contributed by atoms with Gasteiger partial charge in [-0.05, 0) is 12.5 Å². The third kappa shape index (κ3) is 2.20. The number of hydrogen-bond donors (Lipinski definition) is 1. The quantitative estimate of drug-likeness (QED) is 0.748. The van der Waals surface area contributed by atoms with E-state index in [1.807, 2.05) is 37.3 Å². The van der Waals surface area contributed by atoms with Crippen molar-refractivity contribution in [2.45, 2.75) is 13.3 Å². The highest BCUT2D eigenvalue weighted by molar-refractivity contribution is 5.99. The van der Waals surface area contributed by atoms with Crippen LogP contribution in [0.1, 0.15) is 23.1 Å². The second kappa shape index (κ2) is 5.52. The number of hydrogen-bond acceptors (Lipinski definition) is 5. The Balaban J connectivity index is 2.27. The summed E-state index contributed by atoms with van der Waals surface area (Å²) >= 11 is 0. The Hall–Kier alpha value is -2.82. The first-order valence-corrected chi connectivity index (χ1v) is 6.94. The fourth-order valence-electron chi connectivity index (χ4n) is 2.37. The highest BCUT2D eigenvalue weighted by atomic mass is 16.5. The molecule has 22 heavy (non-hydrogen) atoms. The number of aromatic nitrogens is 1. The van der Waals surface area contributed by atoms with Gasteiger partial charge in [-0.15, -0.1) is 0 Å². The van der Waals surface area contributed by atoms with Crippen molar-refractivity contribution in [2.24, 2.45) is 0 Å². The SMILES string of the molecule is CCc1nc(C(=O)OC)c(O)c2cc(-c3ccccc3)oc12. The van der Waals surface area contributed by atoms with Gasteiger partial charge < -0.3 is 14.3 Å². The first-order valence-electron chi connectivity index (χ1n) is 6.94. The normalized spacial score (nSPS) is 10.8. The van der Waals surface area contributed by atoms with Crippen molar-refractivity contribution in [1.29, 1.82) is 0 Å². The number of methoxy groups -OCH3 is 1. The van der Waals surface area contributed by atoms with E-state index in [9.17, 15) is 9.90 Å². The summed E-state index contributed by atoms with van der Waals surface area (Å²) in [5.74, 6) is -0.272. The maximum Gasteiger partial charge on any atom is 0.360 e. The predicted octanol–water partition coefficient (Wildman–Crippen LogP) is 3.55. The summed E-state index contributed by atoms with van der Waals surface area (Å²) in [6, 6.07) is 11.3. The number of carbonyl (C=O) groups is 1. The monoisotopic (exact) mass is 297 g/mol. The average Bonchev–Trinajstić information content (AvgIpc) is 3.01. The minimum atomic E-state index is -0.670. The Kier molecular flexibility index (Phi) is 3.55. The predicted molar refractivity (Wildman–Crippen MR) is 81.8 cm³/mol. The number of esters is 1. The third-order valence-electron chi connectivity index (χ3n) is 3.49. The van der Waals surface area contributed by atoms with Crippen molar-refractivity contribution >= 4 is 16.9 Å². The van der Waals surface area contributed by atoms with Crippen LogP contribution < -0.4 is 0 Å². The van der Waals surface area contributed by atoms with Gasteiger partial charge in [0.25, 0.3) is 0 Å². The smallest absolute Gasteiger partial charge is 0.360 e. The number of aryl methyl sites for hydroxylation is 1. The molecule has 0 fully saturated rings. The van der Waals surface area contributed by atoms with E-state index in [-0.39, 0.29) is 11.4 Å². The van der Waals surface area contributed by atoms with Crippen molar-refractivity contribution in [1.82, 2.24) is 4.98 Å². The molecular weight excluding hydrogens is 282 g/mol. The number of carbonyl (C=O) groups excluding carboxylic acids is 1. The van der Waals surface area contributed by atoms with Crippen LogP contribution in [0.2, 0.25) is 0 Å². The Morgan fingerprint density at radius 1 is 1.32 bits per heavy atom. The van der Waals surface area contributed by atoms with Crippen LogP contribution >= 0.6 is 0 Å². The fraction of sp³-hybridized carbons (Fsp3) is 0.176. The van der Waals surface area contributed by atoms with Gasteiger partial charge in [-0.25, -0.2) is 9.78 Å². The number of ether oxygens (including phenoxy) is 1. The average molecular weight is 297 g/mol. The molecule has 0 bridgehead atoms. The van der Waals surface area contributed by atoms with E-state index in [1.165, 1.54) is 7.11 Å². The summed E-state index contributed by atoms with van der Waals surface area (Å²) in [5.41, 5.74) is 1.90. The molecule has 0 amide bonds. The molecule has 0 radical (unpaired) electrons. The zero-order valence-electron chi connectivity index (χ0n) is 12.3. The van der Waals surface area contributed by atoms with Gasteiger partial charge in [0.1, 0.15) is 5.76 Å². The molecule has 0 saturated carbocycles. The van der Waals surface area contributed by atoms with Gasteiger partial charge in [0.05, 0.1) is 18.2 Å². The summed E-state index contributed by atoms with van der Waals surface area (Å²) in [4.78, 5) is 15.9. The molecular formula is C17H15NO4. The Labute approximate surface area is 127 Å². The molecule has 3 rings (SSSR count). The van der Waals surface area contributed by atoms with Crippen LogP contribution in [0.3, 0.4) is 0 Å². The lowest BCUT2D eigenvalue weighted by molar-refractivity contribution is 0.0590. The van der Waals surface area contributed by atoms with Crippen molar-refractivity contribution < 1.29 is 19.1 Å². The van der Waals surface area contributed by atoms with Gasteiger partial charge in [-0.3, -0.25) is 0 Å². The first kappa shape index (κ1) is 14.1. The minimum absolute atomic E-state index is 0.0905. The van der Waals surface area contributed by atoms with Gasteiger partial charge in [-0.1, -0.05) is 37.3 Å². The summed E-state index contributed by atoms with van der Waals surface area (Å²) in [5, 5.41) is 10.8. The van der Waals surface area contributed by atoms with Crippen LogP contribution in [0.4, 0.5) is 0 Å². The molecule has 0 aliphatic rings. The van der Waals surface area contributed by atoms with E-state index < -0.39 is 5.97 Å². The molecule has 0 spiro atoms. The van der Waals surface area contributed by atoms with Crippen LogP contribution in [0.5, 0.6) is 5.75 Å². The van der Waals surface area contributed by atoms with Crippen LogP contribution in [0.25, 0.3) is 22.3 Å². The Morgan fingerprint density at radius 2 is 2.05 bits per heavy atom. The second-order valence-electron chi connectivity index (χ2n) is 4.82.